The van der Waals surface area contributed by atoms with E-state index < -0.39 is 11.4 Å². The van der Waals surface area contributed by atoms with Gasteiger partial charge in [-0.2, -0.15) is 0 Å². The van der Waals surface area contributed by atoms with Crippen LogP contribution < -0.4 is 0 Å². The summed E-state index contributed by atoms with van der Waals surface area (Å²) < 4.78 is 15.6. The average molecular weight is 249 g/mol. The molecule has 1 aromatic rings. The van der Waals surface area contributed by atoms with Crippen LogP contribution in [0.1, 0.15) is 50.7 Å². The van der Waals surface area contributed by atoms with Crippen molar-refractivity contribution in [3.05, 3.63) is 35.4 Å². The van der Waals surface area contributed by atoms with Gasteiger partial charge in [-0.1, -0.05) is 28.7 Å². The molecule has 3 heteroatoms. The Morgan fingerprint density at radius 2 is 1.82 bits per heavy atom. The minimum Gasteiger partial charge on any atom is -0.591 e. The van der Waals surface area contributed by atoms with Gasteiger partial charge >= 0.3 is 0 Å². The molecule has 0 aliphatic heterocycles. The smallest absolute Gasteiger partial charge is 0.144 e. The molecular weight excluding hydrogens is 230 g/mol. The summed E-state index contributed by atoms with van der Waals surface area (Å²) in [4.78, 5) is 0. The zero-order valence-corrected chi connectivity index (χ0v) is 11.5. The van der Waals surface area contributed by atoms with Crippen molar-refractivity contribution in [1.82, 2.24) is 0 Å². The maximum atomic E-state index is 11.7. The molecule has 1 aliphatic carbocycles. The molecule has 0 amide bonds. The summed E-state index contributed by atoms with van der Waals surface area (Å²) in [7, 11) is 0. The van der Waals surface area contributed by atoms with E-state index in [1.54, 1.807) is 6.21 Å². The highest BCUT2D eigenvalue weighted by atomic mass is 32.2. The molecule has 1 fully saturated rings. The lowest BCUT2D eigenvalue weighted by molar-refractivity contribution is 0.562. The van der Waals surface area contributed by atoms with Gasteiger partial charge in [-0.3, -0.25) is 0 Å². The Kier molecular flexibility index (Phi) is 3.59. The average Bonchev–Trinajstić information content (AvgIpc) is 3.09. The van der Waals surface area contributed by atoms with Gasteiger partial charge < -0.3 is 4.55 Å². The van der Waals surface area contributed by atoms with Crippen molar-refractivity contribution < 1.29 is 4.55 Å². The fourth-order valence-electron chi connectivity index (χ4n) is 1.54. The van der Waals surface area contributed by atoms with Crippen LogP contribution in [0, 0.1) is 0 Å². The predicted octanol–water partition coefficient (Wildman–Crippen LogP) is 3.45. The van der Waals surface area contributed by atoms with Gasteiger partial charge in [0, 0.05) is 0 Å². The van der Waals surface area contributed by atoms with Crippen LogP contribution in [0.2, 0.25) is 0 Å². The van der Waals surface area contributed by atoms with Crippen molar-refractivity contribution in [3.8, 4) is 0 Å². The highest BCUT2D eigenvalue weighted by Gasteiger charge is 2.26. The highest BCUT2D eigenvalue weighted by Crippen LogP contribution is 2.39. The molecule has 0 N–H and O–H groups in total. The van der Waals surface area contributed by atoms with Crippen molar-refractivity contribution >= 4 is 17.6 Å². The summed E-state index contributed by atoms with van der Waals surface area (Å²) >= 11 is -1.17. The van der Waals surface area contributed by atoms with Gasteiger partial charge in [-0.25, -0.2) is 0 Å². The van der Waals surface area contributed by atoms with Crippen LogP contribution in [0.3, 0.4) is 0 Å². The summed E-state index contributed by atoms with van der Waals surface area (Å²) in [5.74, 6) is 0.782. The highest BCUT2D eigenvalue weighted by molar-refractivity contribution is 7.91. The van der Waals surface area contributed by atoms with Crippen molar-refractivity contribution in [2.75, 3.05) is 0 Å². The molecule has 2 nitrogen and oxygen atoms in total. The first-order valence-electron chi connectivity index (χ1n) is 6.03. The molecule has 1 saturated carbocycles. The zero-order valence-electron chi connectivity index (χ0n) is 10.6. The lowest BCUT2D eigenvalue weighted by Gasteiger charge is -2.17. The second-order valence-corrected chi connectivity index (χ2v) is 7.47. The largest absolute Gasteiger partial charge is 0.591 e. The Labute approximate surface area is 106 Å². The molecule has 17 heavy (non-hydrogen) atoms. The minimum atomic E-state index is -1.17. The van der Waals surface area contributed by atoms with E-state index in [1.807, 2.05) is 20.8 Å². The molecule has 0 heterocycles. The molecule has 1 aliphatic rings. The Bertz CT molecular complexity index is 401. The summed E-state index contributed by atoms with van der Waals surface area (Å²) in [5.41, 5.74) is 2.44. The molecule has 0 bridgehead atoms. The van der Waals surface area contributed by atoms with E-state index in [-0.39, 0.29) is 4.75 Å². The molecular formula is C14H19NOS. The van der Waals surface area contributed by atoms with Gasteiger partial charge in [0.2, 0.25) is 0 Å². The van der Waals surface area contributed by atoms with E-state index in [9.17, 15) is 4.55 Å². The second-order valence-electron chi connectivity index (χ2n) is 5.54. The number of hydrogen-bond acceptors (Lipinski definition) is 2. The van der Waals surface area contributed by atoms with Crippen molar-refractivity contribution in [2.45, 2.75) is 44.3 Å². The monoisotopic (exact) mass is 249 g/mol. The van der Waals surface area contributed by atoms with E-state index in [1.165, 1.54) is 18.4 Å². The quantitative estimate of drug-likeness (QED) is 0.597. The van der Waals surface area contributed by atoms with Gasteiger partial charge in [0.25, 0.3) is 0 Å². The van der Waals surface area contributed by atoms with Gasteiger partial charge in [0.1, 0.15) is 16.1 Å². The van der Waals surface area contributed by atoms with Gasteiger partial charge in [-0.05, 0) is 50.7 Å². The van der Waals surface area contributed by atoms with Crippen LogP contribution in [0.25, 0.3) is 0 Å². The summed E-state index contributed by atoms with van der Waals surface area (Å²) in [5, 5.41) is 0. The third-order valence-corrected chi connectivity index (χ3v) is 4.15. The molecule has 2 rings (SSSR count). The third-order valence-electron chi connectivity index (χ3n) is 2.81. The molecule has 1 atom stereocenters. The lowest BCUT2D eigenvalue weighted by Crippen LogP contribution is -2.25. The predicted molar refractivity (Wildman–Crippen MR) is 73.9 cm³/mol. The Balaban J connectivity index is 2.00. The normalized spacial score (nSPS) is 18.6. The third kappa shape index (κ3) is 3.58. The summed E-state index contributed by atoms with van der Waals surface area (Å²) in [6.45, 7) is 5.78. The van der Waals surface area contributed by atoms with E-state index in [4.69, 9.17) is 0 Å². The van der Waals surface area contributed by atoms with Crippen molar-refractivity contribution in [1.29, 1.82) is 0 Å². The molecule has 0 radical (unpaired) electrons. The number of rotatable bonds is 3. The van der Waals surface area contributed by atoms with Crippen LogP contribution >= 0.6 is 0 Å². The first-order chi connectivity index (χ1) is 7.97. The maximum absolute atomic E-state index is 11.7. The maximum Gasteiger partial charge on any atom is 0.144 e. The van der Waals surface area contributed by atoms with Crippen LogP contribution in [0.4, 0.5) is 0 Å². The molecule has 0 saturated heterocycles. The summed E-state index contributed by atoms with van der Waals surface area (Å²) in [6.07, 6.45) is 4.35. The van der Waals surface area contributed by atoms with Gasteiger partial charge in [0.15, 0.2) is 0 Å². The number of hydrogen-bond donors (Lipinski definition) is 0. The molecule has 0 aromatic heterocycles. The first kappa shape index (κ1) is 12.7. The van der Waals surface area contributed by atoms with Crippen LogP contribution in [-0.2, 0) is 11.4 Å². The van der Waals surface area contributed by atoms with E-state index in [0.29, 0.717) is 0 Å². The molecule has 1 unspecified atom stereocenters. The van der Waals surface area contributed by atoms with E-state index in [0.717, 1.165) is 11.5 Å². The molecule has 92 valence electrons. The first-order valence-corrected chi connectivity index (χ1v) is 7.13. The molecule has 1 aromatic carbocycles. The number of nitrogens with zero attached hydrogens (tertiary/aromatic N) is 1. The van der Waals surface area contributed by atoms with Gasteiger partial charge in [0.05, 0.1) is 6.21 Å². The summed E-state index contributed by atoms with van der Waals surface area (Å²) in [6, 6.07) is 8.41. The zero-order chi connectivity index (χ0) is 12.5. The minimum absolute atomic E-state index is 0.287. The Hall–Kier alpha value is -0.800. The SMILES string of the molecule is CC(C)(C)[S+]([O-])/N=C/c1ccc(C2CC2)cc1. The Morgan fingerprint density at radius 3 is 2.29 bits per heavy atom. The van der Waals surface area contributed by atoms with Crippen molar-refractivity contribution in [2.24, 2.45) is 4.40 Å². The second kappa shape index (κ2) is 4.83. The fourth-order valence-corrected chi connectivity index (χ4v) is 2.07. The van der Waals surface area contributed by atoms with E-state index in [2.05, 4.69) is 28.7 Å². The van der Waals surface area contributed by atoms with Crippen LogP contribution in [-0.4, -0.2) is 15.5 Å². The Morgan fingerprint density at radius 1 is 1.24 bits per heavy atom. The van der Waals surface area contributed by atoms with Crippen LogP contribution in [0.5, 0.6) is 0 Å². The number of benzene rings is 1. The van der Waals surface area contributed by atoms with E-state index >= 15 is 0 Å². The lowest BCUT2D eigenvalue weighted by atomic mass is 10.1. The van der Waals surface area contributed by atoms with Crippen molar-refractivity contribution in [3.63, 3.8) is 0 Å². The van der Waals surface area contributed by atoms with Gasteiger partial charge in [-0.15, -0.1) is 0 Å². The molecule has 0 spiro atoms. The fraction of sp³-hybridized carbons (Fsp3) is 0.500. The van der Waals surface area contributed by atoms with Crippen LogP contribution in [0.15, 0.2) is 28.7 Å². The standard InChI is InChI=1S/C14H19NOS/c1-14(2,3)17(16)15-10-11-4-6-12(7-5-11)13-8-9-13/h4-7,10,13H,8-9H2,1-3H3/b15-10+. The topological polar surface area (TPSA) is 35.4 Å².